The van der Waals surface area contributed by atoms with Crippen molar-refractivity contribution < 1.29 is 4.74 Å². The molecule has 0 amide bonds. The van der Waals surface area contributed by atoms with Crippen molar-refractivity contribution in [2.24, 2.45) is 15.9 Å². The first kappa shape index (κ1) is 15.0. The van der Waals surface area contributed by atoms with Gasteiger partial charge in [0.05, 0.1) is 25.1 Å². The second kappa shape index (κ2) is 7.98. The number of nitrogens with two attached hydrogens (primary N) is 1. The van der Waals surface area contributed by atoms with Crippen molar-refractivity contribution >= 4 is 23.1 Å². The summed E-state index contributed by atoms with van der Waals surface area (Å²) in [5.74, 6) is 0. The minimum absolute atomic E-state index is 0.435. The van der Waals surface area contributed by atoms with Crippen molar-refractivity contribution in [1.29, 1.82) is 0 Å². The quantitative estimate of drug-likeness (QED) is 0.507. The molecule has 0 bridgehead atoms. The van der Waals surface area contributed by atoms with Crippen LogP contribution in [0.15, 0.2) is 28.5 Å². The number of rotatable bonds is 4. The molecular weight excluding hydrogens is 274 g/mol. The van der Waals surface area contributed by atoms with Gasteiger partial charge >= 0.3 is 0 Å². The molecule has 7 heteroatoms. The molecule has 1 aliphatic heterocycles. The molecule has 1 aliphatic rings. The van der Waals surface area contributed by atoms with Gasteiger partial charge in [-0.3, -0.25) is 9.88 Å². The SMILES string of the molecule is CS/C(N)=N/N=C/c1ccc(CN2CCOCC2)cn1. The van der Waals surface area contributed by atoms with Crippen molar-refractivity contribution in [3.05, 3.63) is 29.6 Å². The van der Waals surface area contributed by atoms with Crippen LogP contribution in [0.25, 0.3) is 0 Å². The molecule has 1 fully saturated rings. The third-order valence-corrected chi connectivity index (χ3v) is 3.41. The first-order chi connectivity index (χ1) is 9.78. The van der Waals surface area contributed by atoms with Gasteiger partial charge in [0, 0.05) is 25.8 Å². The fraction of sp³-hybridized carbons (Fsp3) is 0.462. The van der Waals surface area contributed by atoms with E-state index in [9.17, 15) is 0 Å². The lowest BCUT2D eigenvalue weighted by atomic mass is 10.2. The number of nitrogens with zero attached hydrogens (tertiary/aromatic N) is 4. The normalized spacial score (nSPS) is 17.8. The Morgan fingerprint density at radius 2 is 2.30 bits per heavy atom. The fourth-order valence-electron chi connectivity index (χ4n) is 1.81. The summed E-state index contributed by atoms with van der Waals surface area (Å²) in [7, 11) is 0. The predicted octanol–water partition coefficient (Wildman–Crippen LogP) is 0.925. The molecule has 1 saturated heterocycles. The van der Waals surface area contributed by atoms with Gasteiger partial charge in [0.15, 0.2) is 5.17 Å². The minimum atomic E-state index is 0.435. The second-order valence-corrected chi connectivity index (χ2v) is 5.19. The van der Waals surface area contributed by atoms with E-state index in [1.54, 1.807) is 6.21 Å². The maximum absolute atomic E-state index is 5.53. The van der Waals surface area contributed by atoms with Crippen LogP contribution in [0.3, 0.4) is 0 Å². The van der Waals surface area contributed by atoms with E-state index in [4.69, 9.17) is 10.5 Å². The molecule has 0 atom stereocenters. The maximum atomic E-state index is 5.53. The predicted molar refractivity (Wildman–Crippen MR) is 83.1 cm³/mol. The Hall–Kier alpha value is -1.44. The summed E-state index contributed by atoms with van der Waals surface area (Å²) >= 11 is 1.36. The Morgan fingerprint density at radius 3 is 2.95 bits per heavy atom. The standard InChI is InChI=1S/C13H19N5OS/c1-20-13(14)17-16-9-12-3-2-11(8-15-12)10-18-4-6-19-7-5-18/h2-3,8-9H,4-7,10H2,1H3,(H2,14,17)/b16-9+. The molecule has 108 valence electrons. The number of thioether (sulfide) groups is 1. The Balaban J connectivity index is 1.89. The number of morpholine rings is 1. The molecule has 0 radical (unpaired) electrons. The van der Waals surface area contributed by atoms with Crippen LogP contribution in [-0.4, -0.2) is 53.8 Å². The van der Waals surface area contributed by atoms with Gasteiger partial charge in [-0.2, -0.15) is 5.10 Å². The summed E-state index contributed by atoms with van der Waals surface area (Å²) in [4.78, 5) is 6.70. The molecule has 0 aromatic carbocycles. The number of hydrogen-bond acceptors (Lipinski definition) is 6. The van der Waals surface area contributed by atoms with E-state index in [1.807, 2.05) is 18.5 Å². The summed E-state index contributed by atoms with van der Waals surface area (Å²) in [6.07, 6.45) is 5.33. The van der Waals surface area contributed by atoms with Crippen molar-refractivity contribution in [2.75, 3.05) is 32.6 Å². The molecular formula is C13H19N5OS. The van der Waals surface area contributed by atoms with Gasteiger partial charge in [-0.25, -0.2) is 0 Å². The highest BCUT2D eigenvalue weighted by Crippen LogP contribution is 2.06. The van der Waals surface area contributed by atoms with Crippen LogP contribution < -0.4 is 5.73 Å². The number of aromatic nitrogens is 1. The van der Waals surface area contributed by atoms with Gasteiger partial charge in [0.1, 0.15) is 0 Å². The van der Waals surface area contributed by atoms with Gasteiger partial charge in [-0.05, 0) is 17.9 Å². The molecule has 20 heavy (non-hydrogen) atoms. The first-order valence-corrected chi connectivity index (χ1v) is 7.66. The van der Waals surface area contributed by atoms with E-state index in [0.717, 1.165) is 38.5 Å². The zero-order chi connectivity index (χ0) is 14.2. The molecule has 1 aromatic rings. The number of hydrogen-bond donors (Lipinski definition) is 1. The van der Waals surface area contributed by atoms with Gasteiger partial charge in [0.25, 0.3) is 0 Å². The van der Waals surface area contributed by atoms with Crippen LogP contribution in [0.4, 0.5) is 0 Å². The minimum Gasteiger partial charge on any atom is -0.379 e. The number of amidine groups is 1. The lowest BCUT2D eigenvalue weighted by molar-refractivity contribution is 0.0341. The van der Waals surface area contributed by atoms with Crippen LogP contribution in [0.2, 0.25) is 0 Å². The monoisotopic (exact) mass is 293 g/mol. The Labute approximate surface area is 123 Å². The number of pyridine rings is 1. The lowest BCUT2D eigenvalue weighted by Crippen LogP contribution is -2.35. The maximum Gasteiger partial charge on any atom is 0.180 e. The third-order valence-electron chi connectivity index (χ3n) is 2.91. The number of ether oxygens (including phenoxy) is 1. The van der Waals surface area contributed by atoms with Crippen molar-refractivity contribution in [3.63, 3.8) is 0 Å². The summed E-state index contributed by atoms with van der Waals surface area (Å²) in [6.45, 7) is 4.49. The van der Waals surface area contributed by atoms with Crippen LogP contribution >= 0.6 is 11.8 Å². The highest BCUT2D eigenvalue weighted by Gasteiger charge is 2.10. The summed E-state index contributed by atoms with van der Waals surface area (Å²) < 4.78 is 5.33. The van der Waals surface area contributed by atoms with E-state index >= 15 is 0 Å². The highest BCUT2D eigenvalue weighted by molar-refractivity contribution is 8.13. The van der Waals surface area contributed by atoms with Crippen LogP contribution in [0, 0.1) is 0 Å². The van der Waals surface area contributed by atoms with Crippen LogP contribution in [0.1, 0.15) is 11.3 Å². The van der Waals surface area contributed by atoms with Gasteiger partial charge in [-0.1, -0.05) is 17.8 Å². The Morgan fingerprint density at radius 1 is 1.50 bits per heavy atom. The zero-order valence-corrected chi connectivity index (χ0v) is 12.3. The lowest BCUT2D eigenvalue weighted by Gasteiger charge is -2.26. The van der Waals surface area contributed by atoms with Crippen molar-refractivity contribution in [3.8, 4) is 0 Å². The average molecular weight is 293 g/mol. The highest BCUT2D eigenvalue weighted by atomic mass is 32.2. The van der Waals surface area contributed by atoms with E-state index in [0.29, 0.717) is 5.17 Å². The Bertz CT molecular complexity index is 468. The topological polar surface area (TPSA) is 76.1 Å². The fourth-order valence-corrected chi connectivity index (χ4v) is 1.94. The molecule has 0 spiro atoms. The molecule has 1 aromatic heterocycles. The molecule has 2 N–H and O–H groups in total. The van der Waals surface area contributed by atoms with E-state index in [2.05, 4.69) is 26.2 Å². The van der Waals surface area contributed by atoms with Crippen LogP contribution in [0.5, 0.6) is 0 Å². The van der Waals surface area contributed by atoms with Crippen molar-refractivity contribution in [1.82, 2.24) is 9.88 Å². The molecule has 2 heterocycles. The third kappa shape index (κ3) is 4.92. The first-order valence-electron chi connectivity index (χ1n) is 6.43. The Kier molecular flexibility index (Phi) is 5.97. The summed E-state index contributed by atoms with van der Waals surface area (Å²) in [5.41, 5.74) is 7.49. The average Bonchev–Trinajstić information content (AvgIpc) is 2.50. The van der Waals surface area contributed by atoms with Crippen molar-refractivity contribution in [2.45, 2.75) is 6.54 Å². The summed E-state index contributed by atoms with van der Waals surface area (Å²) in [5, 5.41) is 8.14. The van der Waals surface area contributed by atoms with Gasteiger partial charge < -0.3 is 10.5 Å². The second-order valence-electron chi connectivity index (χ2n) is 4.37. The van der Waals surface area contributed by atoms with Gasteiger partial charge in [-0.15, -0.1) is 5.10 Å². The molecule has 0 unspecified atom stereocenters. The molecule has 2 rings (SSSR count). The van der Waals surface area contributed by atoms with Crippen LogP contribution in [-0.2, 0) is 11.3 Å². The molecule has 0 saturated carbocycles. The van der Waals surface area contributed by atoms with E-state index < -0.39 is 0 Å². The smallest absolute Gasteiger partial charge is 0.180 e. The largest absolute Gasteiger partial charge is 0.379 e. The van der Waals surface area contributed by atoms with E-state index in [1.165, 1.54) is 17.3 Å². The summed E-state index contributed by atoms with van der Waals surface area (Å²) in [6, 6.07) is 4.00. The molecule has 0 aliphatic carbocycles. The van der Waals surface area contributed by atoms with E-state index in [-0.39, 0.29) is 0 Å². The zero-order valence-electron chi connectivity index (χ0n) is 11.5. The van der Waals surface area contributed by atoms with Gasteiger partial charge in [0.2, 0.25) is 0 Å². The molecule has 6 nitrogen and oxygen atoms in total.